The first-order chi connectivity index (χ1) is 6.38. The van der Waals surface area contributed by atoms with Crippen molar-refractivity contribution in [3.05, 3.63) is 34.9 Å². The molecule has 4 nitrogen and oxygen atoms in total. The summed E-state index contributed by atoms with van der Waals surface area (Å²) in [4.78, 5) is 11.1. The van der Waals surface area contributed by atoms with Gasteiger partial charge in [0.25, 0.3) is 0 Å². The molecule has 0 aromatic heterocycles. The minimum atomic E-state index is -3.93. The van der Waals surface area contributed by atoms with E-state index >= 15 is 0 Å². The van der Waals surface area contributed by atoms with Gasteiger partial charge in [-0.15, -0.1) is 0 Å². The van der Waals surface area contributed by atoms with Gasteiger partial charge in [-0.25, -0.2) is 4.79 Å². The van der Waals surface area contributed by atoms with Crippen molar-refractivity contribution in [2.75, 3.05) is 0 Å². The number of carbonyl (C=O) groups excluding carboxylic acids is 1. The highest BCUT2D eigenvalue weighted by atomic mass is 35.5. The second-order valence-electron chi connectivity index (χ2n) is 2.31. The van der Waals surface area contributed by atoms with E-state index in [1.807, 2.05) is 0 Å². The second kappa shape index (κ2) is 4.22. The van der Waals surface area contributed by atoms with Crippen LogP contribution in [0.3, 0.4) is 0 Å². The predicted octanol–water partition coefficient (Wildman–Crippen LogP) is 1.63. The van der Waals surface area contributed by atoms with E-state index in [1.54, 1.807) is 0 Å². The monoisotopic (exact) mass is 252 g/mol. The molecule has 1 aromatic rings. The zero-order valence-corrected chi connectivity index (χ0v) is 9.06. The van der Waals surface area contributed by atoms with Crippen LogP contribution in [0.1, 0.15) is 10.4 Å². The summed E-state index contributed by atoms with van der Waals surface area (Å²) >= 11 is 9.57. The Morgan fingerprint density at radius 3 is 2.36 bits per heavy atom. The third-order valence-electron chi connectivity index (χ3n) is 1.26. The molecule has 0 spiro atoms. The number of hydrogen-bond acceptors (Lipinski definition) is 4. The van der Waals surface area contributed by atoms with E-state index in [-0.39, 0.29) is 5.56 Å². The molecule has 0 radical (unpaired) electrons. The highest BCUT2D eigenvalue weighted by Crippen LogP contribution is 2.11. The Hall–Kier alpha value is -0.690. The van der Waals surface area contributed by atoms with Crippen LogP contribution in [0, 0.1) is 0 Å². The number of benzene rings is 1. The average Bonchev–Trinajstić information content (AvgIpc) is 2.02. The van der Waals surface area contributed by atoms with E-state index in [0.717, 1.165) is 0 Å². The zero-order valence-electron chi connectivity index (χ0n) is 6.68. The molecule has 0 aliphatic heterocycles. The fourth-order valence-corrected chi connectivity index (χ4v) is 1.33. The van der Waals surface area contributed by atoms with Crippen molar-refractivity contribution in [2.24, 2.45) is 0 Å². The summed E-state index contributed by atoms with van der Waals surface area (Å²) in [6, 6.07) is 5.65. The molecule has 7 heteroatoms. The zero-order chi connectivity index (χ0) is 10.8. The van der Waals surface area contributed by atoms with Crippen molar-refractivity contribution in [3.63, 3.8) is 0 Å². The molecule has 0 aliphatic carbocycles. The molecule has 0 fully saturated rings. The van der Waals surface area contributed by atoms with E-state index in [1.165, 1.54) is 24.3 Å². The Morgan fingerprint density at radius 1 is 1.43 bits per heavy atom. The molecule has 1 atom stereocenters. The van der Waals surface area contributed by atoms with Crippen LogP contribution in [0.15, 0.2) is 24.3 Å². The van der Waals surface area contributed by atoms with Crippen LogP contribution in [0.5, 0.6) is 0 Å². The van der Waals surface area contributed by atoms with Gasteiger partial charge in [-0.3, -0.25) is 4.55 Å². The molecule has 0 saturated carbocycles. The SMILES string of the molecule is O=C(OS(=O)(O)=S)c1ccc(Cl)cc1. The summed E-state index contributed by atoms with van der Waals surface area (Å²) in [7, 11) is -3.93. The van der Waals surface area contributed by atoms with Gasteiger partial charge in [0, 0.05) is 5.02 Å². The van der Waals surface area contributed by atoms with Crippen LogP contribution >= 0.6 is 11.6 Å². The van der Waals surface area contributed by atoms with Gasteiger partial charge >= 0.3 is 15.0 Å². The van der Waals surface area contributed by atoms with Crippen LogP contribution in [-0.4, -0.2) is 14.7 Å². The standard InChI is InChI=1S/C7H5ClO4S2/c8-6-3-1-5(2-4-6)7(9)12-14(10,11)13/h1-4H,(H,10,11,13). The van der Waals surface area contributed by atoms with Gasteiger partial charge in [0.2, 0.25) is 0 Å². The summed E-state index contributed by atoms with van der Waals surface area (Å²) < 4.78 is 23.2. The summed E-state index contributed by atoms with van der Waals surface area (Å²) in [5, 5.41) is 0.449. The second-order valence-corrected chi connectivity index (χ2v) is 5.03. The fourth-order valence-electron chi connectivity index (χ4n) is 0.730. The Bertz CT molecular complexity index is 437. The number of hydrogen-bond donors (Lipinski definition) is 1. The Labute approximate surface area is 90.5 Å². The Morgan fingerprint density at radius 2 is 1.93 bits per heavy atom. The molecule has 14 heavy (non-hydrogen) atoms. The first-order valence-electron chi connectivity index (χ1n) is 3.35. The first kappa shape index (κ1) is 11.4. The van der Waals surface area contributed by atoms with Gasteiger partial charge in [0.05, 0.1) is 16.8 Å². The molecular formula is C7H5ClO4S2. The molecule has 1 unspecified atom stereocenters. The molecule has 0 aliphatic rings. The summed E-state index contributed by atoms with van der Waals surface area (Å²) in [6.07, 6.45) is 0. The Kier molecular flexibility index (Phi) is 3.43. The van der Waals surface area contributed by atoms with Gasteiger partial charge < -0.3 is 4.18 Å². The lowest BCUT2D eigenvalue weighted by atomic mass is 10.2. The maximum absolute atomic E-state index is 11.1. The smallest absolute Gasteiger partial charge is 0.341 e. The number of rotatable bonds is 2. The van der Waals surface area contributed by atoms with Gasteiger partial charge in [-0.2, -0.15) is 4.21 Å². The predicted molar refractivity (Wildman–Crippen MR) is 55.0 cm³/mol. The van der Waals surface area contributed by atoms with E-state index in [0.29, 0.717) is 5.02 Å². The van der Waals surface area contributed by atoms with Crippen LogP contribution < -0.4 is 0 Å². The quantitative estimate of drug-likeness (QED) is 0.867. The molecule has 76 valence electrons. The number of carbonyl (C=O) groups is 1. The molecule has 0 heterocycles. The van der Waals surface area contributed by atoms with Gasteiger partial charge in [0.15, 0.2) is 0 Å². The van der Waals surface area contributed by atoms with Gasteiger partial charge in [-0.05, 0) is 24.3 Å². The van der Waals surface area contributed by atoms with E-state index < -0.39 is 15.0 Å². The van der Waals surface area contributed by atoms with E-state index in [2.05, 4.69) is 15.4 Å². The minimum absolute atomic E-state index is 0.112. The van der Waals surface area contributed by atoms with E-state index in [4.69, 9.17) is 16.2 Å². The lowest BCUT2D eigenvalue weighted by molar-refractivity contribution is 0.0742. The van der Waals surface area contributed by atoms with Crippen molar-refractivity contribution in [2.45, 2.75) is 0 Å². The lowest BCUT2D eigenvalue weighted by Crippen LogP contribution is -2.10. The third-order valence-corrected chi connectivity index (χ3v) is 2.08. The minimum Gasteiger partial charge on any atom is -0.341 e. The summed E-state index contributed by atoms with van der Waals surface area (Å²) in [5.74, 6) is -0.954. The molecule has 1 rings (SSSR count). The molecule has 0 amide bonds. The summed E-state index contributed by atoms with van der Waals surface area (Å²) in [5.41, 5.74) is 0.112. The molecule has 0 saturated heterocycles. The topological polar surface area (TPSA) is 63.6 Å². The highest BCUT2D eigenvalue weighted by molar-refractivity contribution is 8.27. The number of halogens is 1. The molecule has 1 N–H and O–H groups in total. The van der Waals surface area contributed by atoms with Crippen molar-refractivity contribution >= 4 is 37.8 Å². The maximum atomic E-state index is 11.1. The fraction of sp³-hybridized carbons (Fsp3) is 0. The van der Waals surface area contributed by atoms with Crippen LogP contribution in [0.4, 0.5) is 0 Å². The van der Waals surface area contributed by atoms with Crippen LogP contribution in [0.2, 0.25) is 5.02 Å². The van der Waals surface area contributed by atoms with Crippen molar-refractivity contribution < 1.29 is 17.7 Å². The van der Waals surface area contributed by atoms with Gasteiger partial charge in [0.1, 0.15) is 0 Å². The first-order valence-corrected chi connectivity index (χ1v) is 6.09. The van der Waals surface area contributed by atoms with Crippen molar-refractivity contribution in [1.29, 1.82) is 0 Å². The Balaban J connectivity index is 2.86. The average molecular weight is 253 g/mol. The molecule has 0 bridgehead atoms. The van der Waals surface area contributed by atoms with Crippen molar-refractivity contribution in [1.82, 2.24) is 0 Å². The van der Waals surface area contributed by atoms with Crippen LogP contribution in [-0.2, 0) is 24.4 Å². The molecule has 1 aromatic carbocycles. The highest BCUT2D eigenvalue weighted by Gasteiger charge is 2.12. The normalized spacial score (nSPS) is 14.4. The molecular weight excluding hydrogens is 248 g/mol. The largest absolute Gasteiger partial charge is 0.353 e. The summed E-state index contributed by atoms with van der Waals surface area (Å²) in [6.45, 7) is 0. The van der Waals surface area contributed by atoms with Gasteiger partial charge in [-0.1, -0.05) is 11.6 Å². The van der Waals surface area contributed by atoms with Crippen LogP contribution in [0.25, 0.3) is 0 Å². The van der Waals surface area contributed by atoms with E-state index in [9.17, 15) is 9.00 Å². The maximum Gasteiger partial charge on any atom is 0.353 e. The third kappa shape index (κ3) is 3.59. The lowest BCUT2D eigenvalue weighted by Gasteiger charge is -2.01. The van der Waals surface area contributed by atoms with Crippen molar-refractivity contribution in [3.8, 4) is 0 Å².